The van der Waals surface area contributed by atoms with Crippen molar-refractivity contribution in [1.82, 2.24) is 9.36 Å². The summed E-state index contributed by atoms with van der Waals surface area (Å²) in [6.45, 7) is 3.76. The Bertz CT molecular complexity index is 578. The van der Waals surface area contributed by atoms with Crippen molar-refractivity contribution in [3.8, 4) is 11.1 Å². The third kappa shape index (κ3) is 2.62. The molecule has 0 aliphatic carbocycles. The van der Waals surface area contributed by atoms with Crippen LogP contribution >= 0.6 is 11.5 Å². The summed E-state index contributed by atoms with van der Waals surface area (Å²) in [5.74, 6) is 0.557. The van der Waals surface area contributed by atoms with Crippen LogP contribution in [0.4, 0.5) is 10.8 Å². The van der Waals surface area contributed by atoms with Gasteiger partial charge < -0.3 is 15.8 Å². The Kier molecular flexibility index (Phi) is 3.58. The third-order valence-electron chi connectivity index (χ3n) is 3.61. The fourth-order valence-corrected chi connectivity index (χ4v) is 3.20. The topological polar surface area (TPSA) is 73.1 Å². The van der Waals surface area contributed by atoms with Crippen LogP contribution in [0.3, 0.4) is 0 Å². The zero-order chi connectivity index (χ0) is 14.0. The van der Waals surface area contributed by atoms with E-state index in [1.54, 1.807) is 12.4 Å². The number of rotatable bonds is 4. The van der Waals surface area contributed by atoms with Gasteiger partial charge in [0, 0.05) is 25.5 Å². The average Bonchev–Trinajstić information content (AvgIpc) is 3.05. The molecule has 6 heteroatoms. The summed E-state index contributed by atoms with van der Waals surface area (Å²) in [7, 11) is 0. The van der Waals surface area contributed by atoms with E-state index in [9.17, 15) is 0 Å². The molecule has 1 fully saturated rings. The van der Waals surface area contributed by atoms with Crippen LogP contribution in [0.25, 0.3) is 11.1 Å². The highest BCUT2D eigenvalue weighted by Gasteiger charge is 2.30. The van der Waals surface area contributed by atoms with Crippen molar-refractivity contribution < 1.29 is 4.74 Å². The highest BCUT2D eigenvalue weighted by atomic mass is 32.1. The minimum atomic E-state index is -0.0890. The maximum Gasteiger partial charge on any atom is 0.147 e. The molecule has 3 N–H and O–H groups in total. The van der Waals surface area contributed by atoms with E-state index in [0.717, 1.165) is 42.1 Å². The number of nitrogen functional groups attached to an aromatic ring is 1. The first-order valence-electron chi connectivity index (χ1n) is 6.71. The first kappa shape index (κ1) is 13.3. The third-order valence-corrected chi connectivity index (χ3v) is 4.43. The van der Waals surface area contributed by atoms with Crippen molar-refractivity contribution in [1.29, 1.82) is 0 Å². The molecule has 106 valence electrons. The largest absolute Gasteiger partial charge is 0.382 e. The zero-order valence-electron chi connectivity index (χ0n) is 11.4. The van der Waals surface area contributed by atoms with Crippen molar-refractivity contribution in [3.05, 3.63) is 24.5 Å². The Morgan fingerprint density at radius 1 is 1.45 bits per heavy atom. The number of anilines is 2. The Balaban J connectivity index is 1.81. The van der Waals surface area contributed by atoms with Crippen molar-refractivity contribution in [2.45, 2.75) is 25.4 Å². The standard InChI is InChI=1S/C14H18N4OS/c1-14(5-2-8-19-14)9-17-13-11(12(15)18-20-13)10-3-6-16-7-4-10/h3-4,6-7,17H,2,5,8-9H2,1H3,(H2,15,18). The van der Waals surface area contributed by atoms with E-state index in [0.29, 0.717) is 5.82 Å². The Morgan fingerprint density at radius 2 is 2.25 bits per heavy atom. The van der Waals surface area contributed by atoms with Gasteiger partial charge in [0.2, 0.25) is 0 Å². The van der Waals surface area contributed by atoms with E-state index in [2.05, 4.69) is 21.6 Å². The molecule has 0 spiro atoms. The Hall–Kier alpha value is -1.66. The van der Waals surface area contributed by atoms with Crippen LogP contribution in [0.5, 0.6) is 0 Å². The van der Waals surface area contributed by atoms with Crippen LogP contribution in [0.2, 0.25) is 0 Å². The summed E-state index contributed by atoms with van der Waals surface area (Å²) in [4.78, 5) is 4.04. The van der Waals surface area contributed by atoms with Gasteiger partial charge in [0.25, 0.3) is 0 Å². The monoisotopic (exact) mass is 290 g/mol. The molecule has 3 heterocycles. The number of pyridine rings is 1. The maximum atomic E-state index is 6.00. The molecule has 1 saturated heterocycles. The van der Waals surface area contributed by atoms with Gasteiger partial charge in [-0.15, -0.1) is 0 Å². The lowest BCUT2D eigenvalue weighted by atomic mass is 10.0. The molecule has 20 heavy (non-hydrogen) atoms. The number of hydrogen-bond acceptors (Lipinski definition) is 6. The van der Waals surface area contributed by atoms with Crippen molar-refractivity contribution in [2.24, 2.45) is 0 Å². The SMILES string of the molecule is CC1(CNc2snc(N)c2-c2ccncc2)CCCO1. The molecule has 2 aromatic rings. The predicted molar refractivity (Wildman–Crippen MR) is 81.8 cm³/mol. The van der Waals surface area contributed by atoms with Crippen LogP contribution in [-0.2, 0) is 4.74 Å². The molecule has 1 aliphatic heterocycles. The summed E-state index contributed by atoms with van der Waals surface area (Å²) in [5.41, 5.74) is 7.90. The van der Waals surface area contributed by atoms with Gasteiger partial charge in [-0.1, -0.05) is 0 Å². The molecular weight excluding hydrogens is 272 g/mol. The van der Waals surface area contributed by atoms with Gasteiger partial charge in [-0.3, -0.25) is 4.98 Å². The van der Waals surface area contributed by atoms with Gasteiger partial charge in [0.15, 0.2) is 0 Å². The molecule has 0 saturated carbocycles. The van der Waals surface area contributed by atoms with Crippen LogP contribution in [-0.4, -0.2) is 28.1 Å². The lowest BCUT2D eigenvalue weighted by molar-refractivity contribution is 0.0316. The van der Waals surface area contributed by atoms with Crippen molar-refractivity contribution in [3.63, 3.8) is 0 Å². The quantitative estimate of drug-likeness (QED) is 0.906. The lowest BCUT2D eigenvalue weighted by Crippen LogP contribution is -2.32. The molecule has 1 atom stereocenters. The molecule has 0 amide bonds. The zero-order valence-corrected chi connectivity index (χ0v) is 12.2. The van der Waals surface area contributed by atoms with E-state index in [1.165, 1.54) is 11.5 Å². The predicted octanol–water partition coefficient (Wildman–Crippen LogP) is 2.77. The van der Waals surface area contributed by atoms with Crippen molar-refractivity contribution >= 4 is 22.4 Å². The van der Waals surface area contributed by atoms with E-state index in [4.69, 9.17) is 10.5 Å². The second-order valence-corrected chi connectivity index (χ2v) is 6.04. The minimum Gasteiger partial charge on any atom is -0.382 e. The van der Waals surface area contributed by atoms with Crippen LogP contribution in [0.1, 0.15) is 19.8 Å². The van der Waals surface area contributed by atoms with E-state index < -0.39 is 0 Å². The molecule has 2 aromatic heterocycles. The first-order chi connectivity index (χ1) is 9.68. The van der Waals surface area contributed by atoms with Gasteiger partial charge in [0.1, 0.15) is 10.8 Å². The highest BCUT2D eigenvalue weighted by molar-refractivity contribution is 7.11. The van der Waals surface area contributed by atoms with E-state index in [1.807, 2.05) is 12.1 Å². The second kappa shape index (κ2) is 5.38. The molecule has 1 unspecified atom stereocenters. The summed E-state index contributed by atoms with van der Waals surface area (Å²) in [6.07, 6.45) is 5.73. The van der Waals surface area contributed by atoms with Crippen LogP contribution in [0.15, 0.2) is 24.5 Å². The first-order valence-corrected chi connectivity index (χ1v) is 7.49. The summed E-state index contributed by atoms with van der Waals surface area (Å²) < 4.78 is 10.1. The number of ether oxygens (including phenoxy) is 1. The molecule has 0 radical (unpaired) electrons. The fourth-order valence-electron chi connectivity index (χ4n) is 2.46. The molecule has 5 nitrogen and oxygen atoms in total. The molecule has 0 aromatic carbocycles. The van der Waals surface area contributed by atoms with Gasteiger partial charge >= 0.3 is 0 Å². The highest BCUT2D eigenvalue weighted by Crippen LogP contribution is 2.37. The fraction of sp³-hybridized carbons (Fsp3) is 0.429. The lowest BCUT2D eigenvalue weighted by Gasteiger charge is -2.23. The summed E-state index contributed by atoms with van der Waals surface area (Å²) >= 11 is 1.39. The van der Waals surface area contributed by atoms with Crippen LogP contribution in [0, 0.1) is 0 Å². The smallest absolute Gasteiger partial charge is 0.147 e. The van der Waals surface area contributed by atoms with Gasteiger partial charge in [-0.25, -0.2) is 0 Å². The number of aromatic nitrogens is 2. The van der Waals surface area contributed by atoms with E-state index >= 15 is 0 Å². The average molecular weight is 290 g/mol. The van der Waals surface area contributed by atoms with Gasteiger partial charge in [0.05, 0.1) is 11.2 Å². The molecule has 1 aliphatic rings. The van der Waals surface area contributed by atoms with Gasteiger partial charge in [-0.2, -0.15) is 4.37 Å². The molecular formula is C14H18N4OS. The number of hydrogen-bond donors (Lipinski definition) is 2. The maximum absolute atomic E-state index is 6.00. The Labute approximate surface area is 122 Å². The number of nitrogens with zero attached hydrogens (tertiary/aromatic N) is 2. The van der Waals surface area contributed by atoms with E-state index in [-0.39, 0.29) is 5.60 Å². The molecule has 3 rings (SSSR count). The summed E-state index contributed by atoms with van der Waals surface area (Å²) in [5, 5.41) is 4.44. The second-order valence-electron chi connectivity index (χ2n) is 5.26. The number of nitrogens with two attached hydrogens (primary N) is 1. The van der Waals surface area contributed by atoms with Crippen LogP contribution < -0.4 is 11.1 Å². The van der Waals surface area contributed by atoms with Crippen molar-refractivity contribution in [2.75, 3.05) is 24.2 Å². The normalized spacial score (nSPS) is 22.1. The summed E-state index contributed by atoms with van der Waals surface area (Å²) in [6, 6.07) is 3.89. The minimum absolute atomic E-state index is 0.0890. The molecule has 0 bridgehead atoms. The Morgan fingerprint density at radius 3 is 2.95 bits per heavy atom. The van der Waals surface area contributed by atoms with Gasteiger partial charge in [-0.05, 0) is 49.0 Å². The number of nitrogens with one attached hydrogen (secondary N) is 1.